The summed E-state index contributed by atoms with van der Waals surface area (Å²) in [6, 6.07) is 10.5. The second-order valence-corrected chi connectivity index (χ2v) is 7.89. The molecule has 0 fully saturated rings. The molecule has 0 saturated carbocycles. The highest BCUT2D eigenvalue weighted by Gasteiger charge is 2.17. The first-order valence-electron chi connectivity index (χ1n) is 5.76. The summed E-state index contributed by atoms with van der Waals surface area (Å²) in [6.07, 6.45) is 0. The maximum atomic E-state index is 6.17. The molecule has 100 valence electrons. The maximum absolute atomic E-state index is 6.17. The van der Waals surface area contributed by atoms with Crippen molar-refractivity contribution in [1.29, 1.82) is 0 Å². The van der Waals surface area contributed by atoms with Gasteiger partial charge in [0, 0.05) is 13.1 Å². The number of halogens is 4. The quantitative estimate of drug-likeness (QED) is 0.305. The minimum atomic E-state index is 0.174. The second-order valence-electron chi connectivity index (χ2n) is 4.49. The maximum Gasteiger partial charge on any atom is 0.0657 e. The molecule has 1 atom stereocenters. The van der Waals surface area contributed by atoms with Crippen molar-refractivity contribution in [1.82, 2.24) is 0 Å². The van der Waals surface area contributed by atoms with E-state index in [1.807, 2.05) is 13.0 Å². The minimum Gasteiger partial charge on any atom is -0.0840 e. The fourth-order valence-electron chi connectivity index (χ4n) is 1.95. The molecule has 2 rings (SSSR count). The Morgan fingerprint density at radius 3 is 2.42 bits per heavy atom. The lowest BCUT2D eigenvalue weighted by atomic mass is 9.98. The van der Waals surface area contributed by atoms with E-state index in [0.717, 1.165) is 15.1 Å². The lowest BCUT2D eigenvalue weighted by Gasteiger charge is -2.17. The van der Waals surface area contributed by atoms with Crippen LogP contribution >= 0.6 is 66.1 Å². The lowest BCUT2D eigenvalue weighted by molar-refractivity contribution is 1.12. The van der Waals surface area contributed by atoms with E-state index in [1.165, 1.54) is 20.3 Å². The van der Waals surface area contributed by atoms with Gasteiger partial charge in [-0.05, 0) is 83.0 Å². The standard InChI is InChI=1S/C15H12Br2ClI/c1-8-6-13(18)9(2)5-11(8)15(17)12-7-10(16)3-4-14(12)19/h3-7,15H,1-2H3. The fourth-order valence-corrected chi connectivity index (χ4v) is 4.50. The summed E-state index contributed by atoms with van der Waals surface area (Å²) in [5.41, 5.74) is 4.84. The highest BCUT2D eigenvalue weighted by atomic mass is 127. The van der Waals surface area contributed by atoms with Crippen LogP contribution in [0.25, 0.3) is 0 Å². The van der Waals surface area contributed by atoms with E-state index in [4.69, 9.17) is 11.6 Å². The molecule has 0 amide bonds. The Labute approximate surface area is 149 Å². The van der Waals surface area contributed by atoms with E-state index in [-0.39, 0.29) is 4.83 Å². The van der Waals surface area contributed by atoms with E-state index < -0.39 is 0 Å². The average molecular weight is 514 g/mol. The topological polar surface area (TPSA) is 0 Å². The largest absolute Gasteiger partial charge is 0.0840 e. The first-order valence-corrected chi connectivity index (χ1v) is 8.92. The Morgan fingerprint density at radius 2 is 1.74 bits per heavy atom. The lowest BCUT2D eigenvalue weighted by Crippen LogP contribution is -1.99. The number of rotatable bonds is 2. The zero-order valence-electron chi connectivity index (χ0n) is 10.5. The third kappa shape index (κ3) is 3.55. The van der Waals surface area contributed by atoms with Crippen LogP contribution in [-0.4, -0.2) is 0 Å². The molecule has 0 aromatic heterocycles. The Hall–Kier alpha value is 0.420. The van der Waals surface area contributed by atoms with E-state index in [0.29, 0.717) is 0 Å². The van der Waals surface area contributed by atoms with Crippen LogP contribution in [0.3, 0.4) is 0 Å². The Kier molecular flexibility index (Phi) is 5.37. The smallest absolute Gasteiger partial charge is 0.0657 e. The van der Waals surface area contributed by atoms with Crippen molar-refractivity contribution in [2.24, 2.45) is 0 Å². The fraction of sp³-hybridized carbons (Fsp3) is 0.200. The van der Waals surface area contributed by atoms with Gasteiger partial charge in [-0.3, -0.25) is 0 Å². The molecule has 4 heteroatoms. The Morgan fingerprint density at radius 1 is 1.05 bits per heavy atom. The molecule has 2 aromatic rings. The summed E-state index contributed by atoms with van der Waals surface area (Å²) < 4.78 is 2.34. The zero-order valence-corrected chi connectivity index (χ0v) is 16.6. The predicted octanol–water partition coefficient (Wildman–Crippen LogP) is 6.81. The number of hydrogen-bond donors (Lipinski definition) is 0. The van der Waals surface area contributed by atoms with Crippen LogP contribution in [0.5, 0.6) is 0 Å². The predicted molar refractivity (Wildman–Crippen MR) is 98.6 cm³/mol. The van der Waals surface area contributed by atoms with Gasteiger partial charge in [-0.2, -0.15) is 0 Å². The average Bonchev–Trinajstić information content (AvgIpc) is 2.36. The number of alkyl halides is 1. The molecule has 0 aliphatic carbocycles. The van der Waals surface area contributed by atoms with Crippen LogP contribution in [0.1, 0.15) is 27.1 Å². The molecular formula is C15H12Br2ClI. The van der Waals surface area contributed by atoms with E-state index >= 15 is 0 Å². The van der Waals surface area contributed by atoms with E-state index in [1.54, 1.807) is 0 Å². The minimum absolute atomic E-state index is 0.174. The normalized spacial score (nSPS) is 12.5. The van der Waals surface area contributed by atoms with Crippen molar-refractivity contribution in [2.75, 3.05) is 0 Å². The number of benzene rings is 2. The molecule has 0 saturated heterocycles. The first kappa shape index (κ1) is 15.8. The number of aryl methyl sites for hydroxylation is 2. The van der Waals surface area contributed by atoms with E-state index in [2.05, 4.69) is 85.6 Å². The molecule has 19 heavy (non-hydrogen) atoms. The Bertz CT molecular complexity index is 626. The number of hydrogen-bond acceptors (Lipinski definition) is 0. The van der Waals surface area contributed by atoms with Crippen LogP contribution < -0.4 is 0 Å². The van der Waals surface area contributed by atoms with Gasteiger partial charge in [0.15, 0.2) is 0 Å². The van der Waals surface area contributed by atoms with Crippen molar-refractivity contribution in [2.45, 2.75) is 18.7 Å². The van der Waals surface area contributed by atoms with Crippen LogP contribution in [0, 0.1) is 17.4 Å². The van der Waals surface area contributed by atoms with Crippen molar-refractivity contribution in [3.05, 3.63) is 65.7 Å². The molecule has 1 unspecified atom stereocenters. The first-order chi connectivity index (χ1) is 8.90. The van der Waals surface area contributed by atoms with Crippen LogP contribution in [0.15, 0.2) is 34.8 Å². The summed E-state index contributed by atoms with van der Waals surface area (Å²) in [6.45, 7) is 4.14. The second kappa shape index (κ2) is 6.46. The Balaban J connectivity index is 2.52. The summed E-state index contributed by atoms with van der Waals surface area (Å²) in [4.78, 5) is 0.174. The molecule has 0 N–H and O–H groups in total. The van der Waals surface area contributed by atoms with Crippen molar-refractivity contribution < 1.29 is 0 Å². The van der Waals surface area contributed by atoms with Crippen LogP contribution in [-0.2, 0) is 0 Å². The molecule has 0 bridgehead atoms. The third-order valence-electron chi connectivity index (χ3n) is 3.05. The van der Waals surface area contributed by atoms with Gasteiger partial charge in [0.05, 0.1) is 4.83 Å². The summed E-state index contributed by atoms with van der Waals surface area (Å²) in [5, 5.41) is 0.824. The molecule has 0 aliphatic heterocycles. The third-order valence-corrected chi connectivity index (χ3v) is 5.92. The van der Waals surface area contributed by atoms with Gasteiger partial charge >= 0.3 is 0 Å². The molecule has 0 radical (unpaired) electrons. The molecule has 2 aromatic carbocycles. The SMILES string of the molecule is Cc1cc(C(Br)c2cc(Br)ccc2I)c(C)cc1Cl. The zero-order chi connectivity index (χ0) is 14.2. The van der Waals surface area contributed by atoms with Gasteiger partial charge in [0.1, 0.15) is 0 Å². The van der Waals surface area contributed by atoms with Gasteiger partial charge in [-0.25, -0.2) is 0 Å². The summed E-state index contributed by atoms with van der Waals surface area (Å²) in [7, 11) is 0. The summed E-state index contributed by atoms with van der Waals surface area (Å²) >= 11 is 15.9. The van der Waals surface area contributed by atoms with Gasteiger partial charge < -0.3 is 0 Å². The van der Waals surface area contributed by atoms with Crippen molar-refractivity contribution >= 4 is 66.1 Å². The summed E-state index contributed by atoms with van der Waals surface area (Å²) in [5.74, 6) is 0. The van der Waals surface area contributed by atoms with Gasteiger partial charge in [0.25, 0.3) is 0 Å². The van der Waals surface area contributed by atoms with Crippen LogP contribution in [0.2, 0.25) is 5.02 Å². The van der Waals surface area contributed by atoms with Crippen molar-refractivity contribution in [3.63, 3.8) is 0 Å². The molecule has 0 heterocycles. The highest BCUT2D eigenvalue weighted by Crippen LogP contribution is 2.38. The molecular weight excluding hydrogens is 502 g/mol. The van der Waals surface area contributed by atoms with Crippen LogP contribution in [0.4, 0.5) is 0 Å². The van der Waals surface area contributed by atoms with E-state index in [9.17, 15) is 0 Å². The van der Waals surface area contributed by atoms with Gasteiger partial charge in [0.2, 0.25) is 0 Å². The highest BCUT2D eigenvalue weighted by molar-refractivity contribution is 14.1. The van der Waals surface area contributed by atoms with Gasteiger partial charge in [-0.1, -0.05) is 49.5 Å². The molecule has 0 spiro atoms. The van der Waals surface area contributed by atoms with Crippen molar-refractivity contribution in [3.8, 4) is 0 Å². The molecule has 0 nitrogen and oxygen atoms in total. The van der Waals surface area contributed by atoms with Gasteiger partial charge in [-0.15, -0.1) is 0 Å². The molecule has 0 aliphatic rings. The monoisotopic (exact) mass is 512 g/mol.